The molecule has 0 aliphatic rings. The van der Waals surface area contributed by atoms with Crippen LogP contribution in [0.5, 0.6) is 11.6 Å². The fraction of sp³-hybridized carbons (Fsp3) is 0.227. The Morgan fingerprint density at radius 3 is 2.66 bits per heavy atom. The van der Waals surface area contributed by atoms with Crippen LogP contribution in [0.25, 0.3) is 16.9 Å². The van der Waals surface area contributed by atoms with Gasteiger partial charge in [-0.15, -0.1) is 11.8 Å². The molecule has 166 valence electrons. The second-order valence-corrected chi connectivity index (χ2v) is 9.49. The van der Waals surface area contributed by atoms with Gasteiger partial charge in [-0.1, -0.05) is 17.7 Å². The van der Waals surface area contributed by atoms with Gasteiger partial charge in [-0.25, -0.2) is 18.7 Å². The molecule has 2 aromatic heterocycles. The third-order valence-corrected chi connectivity index (χ3v) is 6.49. The van der Waals surface area contributed by atoms with Gasteiger partial charge in [0.05, 0.1) is 24.9 Å². The molecular weight excluding hydrogens is 455 g/mol. The van der Waals surface area contributed by atoms with E-state index in [1.165, 1.54) is 42.9 Å². The summed E-state index contributed by atoms with van der Waals surface area (Å²) in [5.41, 5.74) is 1.15. The van der Waals surface area contributed by atoms with Crippen LogP contribution in [-0.2, 0) is 4.75 Å². The highest BCUT2D eigenvalue weighted by Gasteiger charge is 2.30. The van der Waals surface area contributed by atoms with Gasteiger partial charge >= 0.3 is 5.69 Å². The SMILES string of the molecule is COc1cccc(F)c1C(C)(C)Sc1ccc(Cl)c(-n2c(=O)[nH]c3c(OC)ncnc32)c1. The number of H-pyrrole nitrogens is 1. The molecule has 0 atom stereocenters. The molecule has 10 heteroatoms. The number of imidazole rings is 1. The van der Waals surface area contributed by atoms with Gasteiger partial charge in [-0.3, -0.25) is 4.98 Å². The Morgan fingerprint density at radius 1 is 1.16 bits per heavy atom. The second-order valence-electron chi connectivity index (χ2n) is 7.39. The normalized spacial score (nSPS) is 11.7. The summed E-state index contributed by atoms with van der Waals surface area (Å²) in [4.78, 5) is 24.5. The first-order chi connectivity index (χ1) is 15.3. The highest BCUT2D eigenvalue weighted by molar-refractivity contribution is 8.00. The minimum Gasteiger partial charge on any atom is -0.496 e. The van der Waals surface area contributed by atoms with E-state index >= 15 is 0 Å². The number of hydrogen-bond donors (Lipinski definition) is 1. The number of methoxy groups -OCH3 is 2. The van der Waals surface area contributed by atoms with Gasteiger partial charge in [0, 0.05) is 15.2 Å². The summed E-state index contributed by atoms with van der Waals surface area (Å²) < 4.78 is 26.0. The molecule has 0 unspecified atom stereocenters. The molecular formula is C22H20ClFN4O3S. The number of aromatic nitrogens is 4. The van der Waals surface area contributed by atoms with Crippen molar-refractivity contribution in [3.05, 3.63) is 69.6 Å². The molecule has 7 nitrogen and oxygen atoms in total. The first-order valence-corrected chi connectivity index (χ1v) is 10.8. The zero-order valence-electron chi connectivity index (χ0n) is 17.8. The lowest BCUT2D eigenvalue weighted by molar-refractivity contribution is 0.399. The van der Waals surface area contributed by atoms with Crippen molar-refractivity contribution in [2.45, 2.75) is 23.5 Å². The lowest BCUT2D eigenvalue weighted by atomic mass is 10.0. The molecule has 0 spiro atoms. The average Bonchev–Trinajstić information content (AvgIpc) is 3.10. The molecule has 32 heavy (non-hydrogen) atoms. The van der Waals surface area contributed by atoms with Crippen molar-refractivity contribution < 1.29 is 13.9 Å². The van der Waals surface area contributed by atoms with Crippen molar-refractivity contribution in [2.24, 2.45) is 0 Å². The monoisotopic (exact) mass is 474 g/mol. The Hall–Kier alpha value is -3.04. The molecule has 0 amide bonds. The predicted octanol–water partition coefficient (Wildman–Crippen LogP) is 4.95. The van der Waals surface area contributed by atoms with Crippen LogP contribution in [0.15, 0.2) is 52.4 Å². The Kier molecular flexibility index (Phi) is 5.87. The zero-order valence-corrected chi connectivity index (χ0v) is 19.3. The molecule has 0 fully saturated rings. The predicted molar refractivity (Wildman–Crippen MR) is 123 cm³/mol. The van der Waals surface area contributed by atoms with Crippen molar-refractivity contribution in [2.75, 3.05) is 14.2 Å². The average molecular weight is 475 g/mol. The van der Waals surface area contributed by atoms with E-state index in [2.05, 4.69) is 15.0 Å². The molecule has 4 rings (SSSR count). The van der Waals surface area contributed by atoms with Crippen molar-refractivity contribution >= 4 is 34.5 Å². The number of ether oxygens (including phenoxy) is 2. The number of hydrogen-bond acceptors (Lipinski definition) is 6. The topological polar surface area (TPSA) is 82.0 Å². The molecule has 0 radical (unpaired) electrons. The minimum absolute atomic E-state index is 0.250. The van der Waals surface area contributed by atoms with Gasteiger partial charge in [0.25, 0.3) is 0 Å². The third kappa shape index (κ3) is 3.82. The van der Waals surface area contributed by atoms with E-state index in [0.29, 0.717) is 33.2 Å². The number of fused-ring (bicyclic) bond motifs is 1. The van der Waals surface area contributed by atoms with Crippen LogP contribution in [-0.4, -0.2) is 33.7 Å². The van der Waals surface area contributed by atoms with E-state index in [9.17, 15) is 9.18 Å². The van der Waals surface area contributed by atoms with Crippen molar-refractivity contribution in [1.29, 1.82) is 0 Å². The summed E-state index contributed by atoms with van der Waals surface area (Å²) in [6.45, 7) is 3.81. The van der Waals surface area contributed by atoms with Crippen molar-refractivity contribution in [3.8, 4) is 17.3 Å². The molecule has 0 bridgehead atoms. The molecule has 1 N–H and O–H groups in total. The number of thioether (sulfide) groups is 1. The number of halogens is 2. The molecule has 4 aromatic rings. The van der Waals surface area contributed by atoms with Crippen molar-refractivity contribution in [3.63, 3.8) is 0 Å². The van der Waals surface area contributed by atoms with E-state index in [4.69, 9.17) is 21.1 Å². The van der Waals surface area contributed by atoms with Crippen LogP contribution < -0.4 is 15.2 Å². The number of aromatic amines is 1. The summed E-state index contributed by atoms with van der Waals surface area (Å²) in [5.74, 6) is 0.362. The largest absolute Gasteiger partial charge is 0.496 e. The van der Waals surface area contributed by atoms with Gasteiger partial charge in [-0.2, -0.15) is 4.98 Å². The maximum atomic E-state index is 14.7. The molecule has 0 aliphatic heterocycles. The molecule has 0 aliphatic carbocycles. The Bertz CT molecular complexity index is 1370. The summed E-state index contributed by atoms with van der Waals surface area (Å²) in [5, 5.41) is 0.358. The maximum Gasteiger partial charge on any atom is 0.332 e. The smallest absolute Gasteiger partial charge is 0.332 e. The van der Waals surface area contributed by atoms with Gasteiger partial charge < -0.3 is 9.47 Å². The Balaban J connectivity index is 1.81. The van der Waals surface area contributed by atoms with Crippen LogP contribution >= 0.6 is 23.4 Å². The quantitative estimate of drug-likeness (QED) is 0.398. The van der Waals surface area contributed by atoms with Crippen LogP contribution in [0.1, 0.15) is 19.4 Å². The van der Waals surface area contributed by atoms with Crippen LogP contribution in [0, 0.1) is 5.82 Å². The standard InChI is InChI=1S/C22H20ClFN4O3S/c1-22(2,17-14(24)6-5-7-16(17)30-3)32-12-8-9-13(23)15(10-12)28-19-18(27-21(28)29)20(31-4)26-11-25-19/h5-11H,1-4H3,(H,27,29). The first-order valence-electron chi connectivity index (χ1n) is 9.58. The van der Waals surface area contributed by atoms with Gasteiger partial charge in [-0.05, 0) is 44.2 Å². The molecule has 2 heterocycles. The van der Waals surface area contributed by atoms with E-state index < -0.39 is 10.4 Å². The second kappa shape index (κ2) is 8.48. The van der Waals surface area contributed by atoms with E-state index in [-0.39, 0.29) is 11.7 Å². The maximum absolute atomic E-state index is 14.7. The summed E-state index contributed by atoms with van der Waals surface area (Å²) >= 11 is 7.88. The molecule has 2 aromatic carbocycles. The number of nitrogens with one attached hydrogen (secondary N) is 1. The fourth-order valence-electron chi connectivity index (χ4n) is 3.61. The number of rotatable bonds is 6. The lowest BCUT2D eigenvalue weighted by Crippen LogP contribution is -2.17. The zero-order chi connectivity index (χ0) is 23.0. The molecule has 0 saturated carbocycles. The van der Waals surface area contributed by atoms with E-state index in [1.54, 1.807) is 24.3 Å². The summed E-state index contributed by atoms with van der Waals surface area (Å²) in [6, 6.07) is 10.0. The van der Waals surface area contributed by atoms with Crippen LogP contribution in [0.3, 0.4) is 0 Å². The highest BCUT2D eigenvalue weighted by atomic mass is 35.5. The fourth-order valence-corrected chi connectivity index (χ4v) is 5.01. The van der Waals surface area contributed by atoms with Gasteiger partial charge in [0.1, 0.15) is 23.4 Å². The number of benzene rings is 2. The first kappa shape index (κ1) is 22.2. The van der Waals surface area contributed by atoms with Crippen molar-refractivity contribution in [1.82, 2.24) is 19.5 Å². The summed E-state index contributed by atoms with van der Waals surface area (Å²) in [6.07, 6.45) is 1.31. The van der Waals surface area contributed by atoms with Crippen LogP contribution in [0.4, 0.5) is 4.39 Å². The number of nitrogens with zero attached hydrogens (tertiary/aromatic N) is 3. The van der Waals surface area contributed by atoms with Gasteiger partial charge in [0.2, 0.25) is 5.88 Å². The Labute approximate surface area is 192 Å². The Morgan fingerprint density at radius 2 is 1.94 bits per heavy atom. The highest BCUT2D eigenvalue weighted by Crippen LogP contribution is 2.46. The van der Waals surface area contributed by atoms with E-state index in [1.807, 2.05) is 19.9 Å². The lowest BCUT2D eigenvalue weighted by Gasteiger charge is -2.27. The van der Waals surface area contributed by atoms with E-state index in [0.717, 1.165) is 4.90 Å². The molecule has 0 saturated heterocycles. The summed E-state index contributed by atoms with van der Waals surface area (Å²) in [7, 11) is 2.97. The van der Waals surface area contributed by atoms with Crippen LogP contribution in [0.2, 0.25) is 5.02 Å². The van der Waals surface area contributed by atoms with Gasteiger partial charge in [0.15, 0.2) is 5.65 Å². The minimum atomic E-state index is -0.682. The third-order valence-electron chi connectivity index (χ3n) is 4.96.